The molecule has 0 unspecified atom stereocenters. The highest BCUT2D eigenvalue weighted by atomic mass is 35.5. The van der Waals surface area contributed by atoms with Gasteiger partial charge < -0.3 is 0 Å². The van der Waals surface area contributed by atoms with Crippen molar-refractivity contribution in [3.63, 3.8) is 0 Å². The Balaban J connectivity index is -0.000000150. The summed E-state index contributed by atoms with van der Waals surface area (Å²) >= 11 is 0. The molecule has 0 N–H and O–H groups in total. The zero-order chi connectivity index (χ0) is 8.69. The molecule has 0 spiro atoms. The van der Waals surface area contributed by atoms with E-state index in [1.54, 1.807) is 0 Å². The minimum absolute atomic E-state index is 0. The Labute approximate surface area is 88.0 Å². The van der Waals surface area contributed by atoms with Crippen LogP contribution in [0, 0.1) is 6.92 Å². The fourth-order valence-corrected chi connectivity index (χ4v) is 0.534. The normalized spacial score (nSPS) is 7.46. The van der Waals surface area contributed by atoms with Gasteiger partial charge in [0.15, 0.2) is 0 Å². The number of hydrogen-bond donors (Lipinski definition) is 0. The summed E-state index contributed by atoms with van der Waals surface area (Å²) in [4.78, 5) is 0. The third kappa shape index (κ3) is 18.5. The lowest BCUT2D eigenvalue weighted by Crippen LogP contribution is -1.65. The molecular formula is C8H11Cl2F3. The molecule has 0 aromatic heterocycles. The minimum atomic E-state index is -3.67. The molecule has 0 nitrogen and oxygen atoms in total. The van der Waals surface area contributed by atoms with Crippen molar-refractivity contribution in [1.29, 1.82) is 0 Å². The van der Waals surface area contributed by atoms with Gasteiger partial charge in [-0.3, -0.25) is 0 Å². The molecule has 1 rings (SSSR count). The van der Waals surface area contributed by atoms with Crippen molar-refractivity contribution in [2.24, 2.45) is 0 Å². The molecule has 13 heavy (non-hydrogen) atoms. The Hall–Kier alpha value is -0.410. The molecule has 0 fully saturated rings. The standard InChI is InChI=1S/C7H8.CHF3.2ClH/c1-7-5-3-2-4-6-7;2-1(3)4;;/h2-6H,1H3;1H;2*1H. The second-order valence-electron chi connectivity index (χ2n) is 1.90. The topological polar surface area (TPSA) is 0 Å². The summed E-state index contributed by atoms with van der Waals surface area (Å²) in [6.45, 7) is -1.58. The van der Waals surface area contributed by atoms with Crippen molar-refractivity contribution in [2.75, 3.05) is 0 Å². The summed E-state index contributed by atoms with van der Waals surface area (Å²) in [5.41, 5.74) is 1.32. The Morgan fingerprint density at radius 3 is 1.38 bits per heavy atom. The molecule has 78 valence electrons. The molecule has 0 bridgehead atoms. The van der Waals surface area contributed by atoms with E-state index in [1.165, 1.54) is 5.56 Å². The second kappa shape index (κ2) is 11.6. The number of hydrogen-bond acceptors (Lipinski definition) is 0. The fourth-order valence-electron chi connectivity index (χ4n) is 0.534. The van der Waals surface area contributed by atoms with E-state index >= 15 is 0 Å². The summed E-state index contributed by atoms with van der Waals surface area (Å²) in [5.74, 6) is 0. The zero-order valence-electron chi connectivity index (χ0n) is 6.91. The molecule has 1 aromatic carbocycles. The van der Waals surface area contributed by atoms with E-state index in [4.69, 9.17) is 0 Å². The van der Waals surface area contributed by atoms with Crippen molar-refractivity contribution in [3.8, 4) is 0 Å². The highest BCUT2D eigenvalue weighted by molar-refractivity contribution is 5.85. The number of alkyl halides is 3. The monoisotopic (exact) mass is 234 g/mol. The molecule has 0 atom stereocenters. The van der Waals surface area contributed by atoms with Gasteiger partial charge in [-0.2, -0.15) is 13.2 Å². The van der Waals surface area contributed by atoms with Gasteiger partial charge in [0.1, 0.15) is 0 Å². The van der Waals surface area contributed by atoms with Crippen LogP contribution in [0.3, 0.4) is 0 Å². The molecular weight excluding hydrogens is 224 g/mol. The Morgan fingerprint density at radius 2 is 1.23 bits per heavy atom. The lowest BCUT2D eigenvalue weighted by Gasteiger charge is -1.82. The van der Waals surface area contributed by atoms with Gasteiger partial charge in [0.2, 0.25) is 0 Å². The molecule has 5 heteroatoms. The van der Waals surface area contributed by atoms with E-state index in [-0.39, 0.29) is 24.8 Å². The quantitative estimate of drug-likeness (QED) is 0.637. The summed E-state index contributed by atoms with van der Waals surface area (Å²) in [5, 5.41) is 0. The number of rotatable bonds is 0. The van der Waals surface area contributed by atoms with E-state index in [0.29, 0.717) is 0 Å². The van der Waals surface area contributed by atoms with Crippen LogP contribution < -0.4 is 0 Å². The van der Waals surface area contributed by atoms with Crippen LogP contribution in [-0.2, 0) is 0 Å². The van der Waals surface area contributed by atoms with Crippen molar-refractivity contribution in [1.82, 2.24) is 0 Å². The Morgan fingerprint density at radius 1 is 0.923 bits per heavy atom. The third-order valence-corrected chi connectivity index (χ3v) is 0.940. The van der Waals surface area contributed by atoms with Crippen molar-refractivity contribution >= 4 is 24.8 Å². The number of aryl methyl sites for hydroxylation is 1. The maximum Gasteiger partial charge on any atom is 0.379 e. The fraction of sp³-hybridized carbons (Fsp3) is 0.250. The van der Waals surface area contributed by atoms with Gasteiger partial charge in [0, 0.05) is 0 Å². The maximum absolute atomic E-state index is 9.67. The van der Waals surface area contributed by atoms with Crippen LogP contribution in [-0.4, -0.2) is 6.68 Å². The average molecular weight is 235 g/mol. The molecule has 1 aromatic rings. The van der Waals surface area contributed by atoms with Gasteiger partial charge in [0.05, 0.1) is 0 Å². The lowest BCUT2D eigenvalue weighted by molar-refractivity contribution is 0.00819. The Kier molecular flexibility index (Phi) is 16.4. The average Bonchev–Trinajstić information content (AvgIpc) is 1.87. The van der Waals surface area contributed by atoms with E-state index in [1.807, 2.05) is 18.2 Å². The van der Waals surface area contributed by atoms with E-state index in [0.717, 1.165) is 0 Å². The second-order valence-corrected chi connectivity index (χ2v) is 1.90. The molecule has 0 heterocycles. The van der Waals surface area contributed by atoms with Crippen LogP contribution >= 0.6 is 24.8 Å². The van der Waals surface area contributed by atoms with E-state index < -0.39 is 6.68 Å². The first-order chi connectivity index (χ1) is 5.13. The van der Waals surface area contributed by atoms with Crippen LogP contribution in [0.5, 0.6) is 0 Å². The molecule has 0 radical (unpaired) electrons. The predicted octanol–water partition coefficient (Wildman–Crippen LogP) is 4.02. The van der Waals surface area contributed by atoms with Crippen molar-refractivity contribution in [2.45, 2.75) is 13.6 Å². The van der Waals surface area contributed by atoms with Gasteiger partial charge in [-0.25, -0.2) is 0 Å². The molecule has 0 amide bonds. The SMILES string of the molecule is Cc1ccccc1.Cl.Cl.FC(F)F. The van der Waals surface area contributed by atoms with Gasteiger partial charge >= 0.3 is 6.68 Å². The molecule has 0 aliphatic rings. The van der Waals surface area contributed by atoms with Crippen LogP contribution in [0.4, 0.5) is 13.2 Å². The number of halogens is 5. The van der Waals surface area contributed by atoms with Gasteiger partial charge in [-0.15, -0.1) is 24.8 Å². The molecule has 0 aliphatic carbocycles. The first-order valence-electron chi connectivity index (χ1n) is 3.07. The van der Waals surface area contributed by atoms with Crippen LogP contribution in [0.25, 0.3) is 0 Å². The summed E-state index contributed by atoms with van der Waals surface area (Å²) in [6.07, 6.45) is 0. The lowest BCUT2D eigenvalue weighted by atomic mass is 10.2. The van der Waals surface area contributed by atoms with Gasteiger partial charge in [-0.1, -0.05) is 35.9 Å². The van der Waals surface area contributed by atoms with E-state index in [9.17, 15) is 13.2 Å². The van der Waals surface area contributed by atoms with Crippen LogP contribution in [0.2, 0.25) is 0 Å². The first-order valence-corrected chi connectivity index (χ1v) is 3.07. The van der Waals surface area contributed by atoms with E-state index in [2.05, 4.69) is 19.1 Å². The van der Waals surface area contributed by atoms with Crippen molar-refractivity contribution in [3.05, 3.63) is 35.9 Å². The smallest absolute Gasteiger partial charge is 0.174 e. The Bertz CT molecular complexity index is 177. The highest BCUT2D eigenvalue weighted by Gasteiger charge is 1.86. The number of benzene rings is 1. The molecule has 0 saturated carbocycles. The first kappa shape index (κ1) is 18.4. The zero-order valence-corrected chi connectivity index (χ0v) is 8.55. The molecule has 0 aliphatic heterocycles. The van der Waals surface area contributed by atoms with Gasteiger partial charge in [0.25, 0.3) is 0 Å². The minimum Gasteiger partial charge on any atom is -0.174 e. The van der Waals surface area contributed by atoms with Crippen LogP contribution in [0.1, 0.15) is 5.56 Å². The predicted molar refractivity (Wildman–Crippen MR) is 52.8 cm³/mol. The summed E-state index contributed by atoms with van der Waals surface area (Å²) < 4.78 is 29.0. The summed E-state index contributed by atoms with van der Waals surface area (Å²) in [7, 11) is 0. The largest absolute Gasteiger partial charge is 0.379 e. The maximum atomic E-state index is 9.67. The van der Waals surface area contributed by atoms with Crippen molar-refractivity contribution < 1.29 is 13.2 Å². The van der Waals surface area contributed by atoms with Crippen LogP contribution in [0.15, 0.2) is 30.3 Å². The third-order valence-electron chi connectivity index (χ3n) is 0.940. The molecule has 0 saturated heterocycles. The summed E-state index contributed by atoms with van der Waals surface area (Å²) in [6, 6.07) is 10.3. The van der Waals surface area contributed by atoms with Gasteiger partial charge in [-0.05, 0) is 6.92 Å². The highest BCUT2D eigenvalue weighted by Crippen LogP contribution is 1.92.